The smallest absolute Gasteiger partial charge is 0.252 e. The number of hydrogen-bond acceptors (Lipinski definition) is 2. The molecule has 306 valence electrons. The van der Waals surface area contributed by atoms with Crippen LogP contribution in [0.15, 0.2) is 176 Å². The van der Waals surface area contributed by atoms with Crippen LogP contribution in [0.1, 0.15) is 47.9 Å². The van der Waals surface area contributed by atoms with Crippen molar-refractivity contribution in [3.8, 4) is 0 Å². The van der Waals surface area contributed by atoms with Gasteiger partial charge in [0.15, 0.2) is 0 Å². The molecule has 15 rings (SSSR count). The normalized spacial score (nSPS) is 15.1. The Kier molecular flexibility index (Phi) is 7.53. The van der Waals surface area contributed by atoms with Gasteiger partial charge in [0.05, 0.1) is 11.4 Å². The summed E-state index contributed by atoms with van der Waals surface area (Å²) in [7, 11) is 0. The Morgan fingerprint density at radius 1 is 0.292 bits per heavy atom. The molecule has 2 nitrogen and oxygen atoms in total. The van der Waals surface area contributed by atoms with Crippen LogP contribution < -0.4 is 26.2 Å². The maximum absolute atomic E-state index is 2.74. The summed E-state index contributed by atoms with van der Waals surface area (Å²) in [6.07, 6.45) is 9.42. The minimum atomic E-state index is 0.0956. The van der Waals surface area contributed by atoms with E-state index in [0.29, 0.717) is 0 Å². The van der Waals surface area contributed by atoms with Gasteiger partial charge < -0.3 is 9.80 Å². The predicted molar refractivity (Wildman–Crippen MR) is 279 cm³/mol. The molecule has 0 amide bonds. The van der Waals surface area contributed by atoms with Gasteiger partial charge in [-0.15, -0.1) is 0 Å². The van der Waals surface area contributed by atoms with Gasteiger partial charge in [-0.25, -0.2) is 0 Å². The molecular weight excluding hydrogens is 784 g/mol. The number of benzene rings is 11. The topological polar surface area (TPSA) is 6.48 Å². The summed E-state index contributed by atoms with van der Waals surface area (Å²) in [5.74, 6) is 0. The van der Waals surface area contributed by atoms with Crippen molar-refractivity contribution < 1.29 is 0 Å². The molecule has 65 heavy (non-hydrogen) atoms. The van der Waals surface area contributed by atoms with Crippen LogP contribution in [0.3, 0.4) is 0 Å². The van der Waals surface area contributed by atoms with Gasteiger partial charge in [-0.2, -0.15) is 0 Å². The molecule has 0 spiro atoms. The van der Waals surface area contributed by atoms with Crippen molar-refractivity contribution in [2.75, 3.05) is 9.80 Å². The number of fused-ring (bicyclic) bond motifs is 20. The fourth-order valence-electron chi connectivity index (χ4n) is 13.3. The molecule has 0 saturated heterocycles. The van der Waals surface area contributed by atoms with Gasteiger partial charge >= 0.3 is 0 Å². The van der Waals surface area contributed by atoms with Crippen molar-refractivity contribution in [2.24, 2.45) is 0 Å². The number of nitrogens with zero attached hydrogens (tertiary/aromatic N) is 2. The second-order valence-corrected chi connectivity index (χ2v) is 19.1. The van der Waals surface area contributed by atoms with E-state index in [1.165, 1.54) is 152 Å². The fourth-order valence-corrected chi connectivity index (χ4v) is 13.3. The average molecular weight is 829 g/mol. The van der Waals surface area contributed by atoms with Crippen LogP contribution in [0.5, 0.6) is 0 Å². The van der Waals surface area contributed by atoms with Crippen molar-refractivity contribution in [3.05, 3.63) is 198 Å². The maximum atomic E-state index is 2.74. The van der Waals surface area contributed by atoms with Crippen molar-refractivity contribution >= 4 is 122 Å². The van der Waals surface area contributed by atoms with Gasteiger partial charge in [0.2, 0.25) is 0 Å². The molecule has 0 fully saturated rings. The van der Waals surface area contributed by atoms with Crippen LogP contribution in [0, 0.1) is 0 Å². The van der Waals surface area contributed by atoms with Gasteiger partial charge in [-0.1, -0.05) is 152 Å². The third-order valence-corrected chi connectivity index (χ3v) is 15.9. The van der Waals surface area contributed by atoms with Crippen molar-refractivity contribution in [1.29, 1.82) is 0 Å². The highest BCUT2D eigenvalue weighted by molar-refractivity contribution is 7.00. The van der Waals surface area contributed by atoms with Crippen LogP contribution >= 0.6 is 0 Å². The lowest BCUT2D eigenvalue weighted by Crippen LogP contribution is -2.62. The highest BCUT2D eigenvalue weighted by Crippen LogP contribution is 2.52. The number of rotatable bonds is 2. The second-order valence-electron chi connectivity index (χ2n) is 19.1. The van der Waals surface area contributed by atoms with E-state index in [0.717, 1.165) is 25.7 Å². The van der Waals surface area contributed by atoms with Crippen LogP contribution in [-0.4, -0.2) is 6.71 Å². The quantitative estimate of drug-likeness (QED) is 0.127. The molecule has 0 aromatic heterocycles. The van der Waals surface area contributed by atoms with E-state index < -0.39 is 0 Å². The summed E-state index contributed by atoms with van der Waals surface area (Å²) in [6.45, 7) is 0.0956. The number of hydrogen-bond donors (Lipinski definition) is 0. The van der Waals surface area contributed by atoms with Gasteiger partial charge in [0.1, 0.15) is 0 Å². The van der Waals surface area contributed by atoms with Crippen LogP contribution in [-0.2, 0) is 25.7 Å². The minimum Gasteiger partial charge on any atom is -0.311 e. The largest absolute Gasteiger partial charge is 0.311 e. The Labute approximate surface area is 379 Å². The number of anilines is 6. The average Bonchev–Trinajstić information content (AvgIpc) is 3.38. The van der Waals surface area contributed by atoms with Gasteiger partial charge in [0.25, 0.3) is 6.71 Å². The predicted octanol–water partition coefficient (Wildman–Crippen LogP) is 14.4. The first-order valence-corrected chi connectivity index (χ1v) is 24.0. The SMILES string of the molecule is c1cc2c3c(c1)N(c1cccc4c5ccccc5c5ccccc5c14)c1c(ccc4c1CCCC4)B3c1ccc3c(c1N2c1cccc2c4ccccc4c4ccccc4c12)CCCC3. The molecule has 11 aromatic rings. The third-order valence-electron chi connectivity index (χ3n) is 15.9. The zero-order chi connectivity index (χ0) is 42.3. The van der Waals surface area contributed by atoms with E-state index in [4.69, 9.17) is 0 Å². The van der Waals surface area contributed by atoms with Crippen LogP contribution in [0.25, 0.3) is 64.6 Å². The second kappa shape index (κ2) is 13.6. The molecule has 2 aliphatic heterocycles. The molecule has 0 saturated carbocycles. The van der Waals surface area contributed by atoms with Crippen molar-refractivity contribution in [2.45, 2.75) is 51.4 Å². The Morgan fingerprint density at radius 3 is 1.03 bits per heavy atom. The van der Waals surface area contributed by atoms with E-state index in [1.807, 2.05) is 0 Å². The maximum Gasteiger partial charge on any atom is 0.252 e. The van der Waals surface area contributed by atoms with E-state index >= 15 is 0 Å². The Bertz CT molecular complexity index is 3540. The minimum absolute atomic E-state index is 0.0956. The summed E-state index contributed by atoms with van der Waals surface area (Å²) in [6, 6.07) is 67.9. The standard InChI is InChI=1S/C62H45BN2/c1-3-18-40-38(16-1)34-36-52-61(40)64(54-30-13-28-50-46-22-7-5-20-42(46)44-24-9-11-26-48(44)58(50)54)56-32-15-33-57-60(56)63(52)53-37-35-39-17-2-4-19-41(39)62(53)65(57)55-31-14-29-51-47-23-8-6-21-43(47)45-25-10-12-27-49(45)59(51)55/h5-15,20-37H,1-4,16-19H2. The molecule has 0 unspecified atom stereocenters. The van der Waals surface area contributed by atoms with E-state index in [9.17, 15) is 0 Å². The van der Waals surface area contributed by atoms with Gasteiger partial charge in [0, 0.05) is 33.5 Å². The monoisotopic (exact) mass is 828 g/mol. The highest BCUT2D eigenvalue weighted by atomic mass is 15.2. The van der Waals surface area contributed by atoms with E-state index in [-0.39, 0.29) is 6.71 Å². The Balaban J connectivity index is 1.10. The Morgan fingerprint density at radius 2 is 0.615 bits per heavy atom. The zero-order valence-electron chi connectivity index (χ0n) is 36.4. The lowest BCUT2D eigenvalue weighted by molar-refractivity contribution is 0.686. The first-order valence-electron chi connectivity index (χ1n) is 24.0. The third kappa shape index (κ3) is 4.86. The summed E-state index contributed by atoms with van der Waals surface area (Å²) in [4.78, 5) is 5.48. The van der Waals surface area contributed by atoms with Crippen molar-refractivity contribution in [1.82, 2.24) is 0 Å². The molecule has 0 radical (unpaired) electrons. The molecule has 11 aromatic carbocycles. The first-order chi connectivity index (χ1) is 32.3. The Hall–Kier alpha value is -7.36. The van der Waals surface area contributed by atoms with Crippen LogP contribution in [0.4, 0.5) is 34.1 Å². The summed E-state index contributed by atoms with van der Waals surface area (Å²) in [5.41, 5.74) is 18.4. The van der Waals surface area contributed by atoms with Crippen LogP contribution in [0.2, 0.25) is 0 Å². The summed E-state index contributed by atoms with van der Waals surface area (Å²) in [5, 5.41) is 15.7. The first kappa shape index (κ1) is 36.0. The molecule has 2 heterocycles. The van der Waals surface area contributed by atoms with Crippen molar-refractivity contribution in [3.63, 3.8) is 0 Å². The zero-order valence-corrected chi connectivity index (χ0v) is 36.4. The molecule has 0 bridgehead atoms. The number of aryl methyl sites for hydroxylation is 2. The van der Waals surface area contributed by atoms with Gasteiger partial charge in [-0.3, -0.25) is 0 Å². The summed E-state index contributed by atoms with van der Waals surface area (Å²) < 4.78 is 0. The molecule has 3 heteroatoms. The molecule has 0 N–H and O–H groups in total. The lowest BCUT2D eigenvalue weighted by atomic mass is 9.33. The fraction of sp³-hybridized carbons (Fsp3) is 0.129. The highest BCUT2D eigenvalue weighted by Gasteiger charge is 2.46. The van der Waals surface area contributed by atoms with Gasteiger partial charge in [-0.05, 0) is 168 Å². The molecular formula is C62H45BN2. The van der Waals surface area contributed by atoms with E-state index in [2.05, 4.69) is 186 Å². The summed E-state index contributed by atoms with van der Waals surface area (Å²) >= 11 is 0. The van der Waals surface area contributed by atoms with E-state index in [1.54, 1.807) is 11.1 Å². The molecule has 4 aliphatic rings. The molecule has 0 atom stereocenters. The molecule has 2 aliphatic carbocycles. The lowest BCUT2D eigenvalue weighted by Gasteiger charge is -2.46.